The van der Waals surface area contributed by atoms with Crippen molar-refractivity contribution in [3.05, 3.63) is 35.6 Å². The zero-order chi connectivity index (χ0) is 16.9. The van der Waals surface area contributed by atoms with E-state index >= 15 is 0 Å². The van der Waals surface area contributed by atoms with Crippen molar-refractivity contribution < 1.29 is 14.3 Å². The Hall–Kier alpha value is -1.42. The third-order valence-corrected chi connectivity index (χ3v) is 4.90. The van der Waals surface area contributed by atoms with E-state index in [0.717, 1.165) is 19.3 Å². The number of piperidine rings is 1. The molecule has 0 spiro atoms. The van der Waals surface area contributed by atoms with Crippen LogP contribution in [0.15, 0.2) is 24.3 Å². The topological polar surface area (TPSA) is 40.5 Å². The van der Waals surface area contributed by atoms with Gasteiger partial charge in [0.1, 0.15) is 5.82 Å². The van der Waals surface area contributed by atoms with Crippen molar-refractivity contribution in [1.29, 1.82) is 0 Å². The zero-order valence-electron chi connectivity index (χ0n) is 14.2. The minimum Gasteiger partial charge on any atom is -0.389 e. The number of amides is 1. The smallest absolute Gasteiger partial charge is 0.225 e. The van der Waals surface area contributed by atoms with Crippen molar-refractivity contribution in [2.24, 2.45) is 5.92 Å². The second-order valence-electron chi connectivity index (χ2n) is 6.86. The Morgan fingerprint density at radius 3 is 2.61 bits per heavy atom. The fourth-order valence-electron chi connectivity index (χ4n) is 3.26. The van der Waals surface area contributed by atoms with Crippen LogP contribution >= 0.6 is 0 Å². The molecule has 0 aliphatic carbocycles. The molecular formula is C19H28FNO2. The van der Waals surface area contributed by atoms with E-state index in [1.807, 2.05) is 11.8 Å². The number of hydrogen-bond donors (Lipinski definition) is 1. The number of halogens is 1. The summed E-state index contributed by atoms with van der Waals surface area (Å²) >= 11 is 0. The first-order chi connectivity index (χ1) is 10.9. The molecule has 0 aromatic heterocycles. The highest BCUT2D eigenvalue weighted by atomic mass is 19.1. The third-order valence-electron chi connectivity index (χ3n) is 4.90. The Kier molecular flexibility index (Phi) is 6.17. The highest BCUT2D eigenvalue weighted by Crippen LogP contribution is 2.28. The first kappa shape index (κ1) is 17.9. The van der Waals surface area contributed by atoms with Gasteiger partial charge in [0, 0.05) is 25.4 Å². The third kappa shape index (κ3) is 4.77. The number of aliphatic hydroxyl groups is 1. The predicted octanol–water partition coefficient (Wildman–Crippen LogP) is 3.55. The minimum atomic E-state index is -0.911. The average molecular weight is 321 g/mol. The molecular weight excluding hydrogens is 293 g/mol. The van der Waals surface area contributed by atoms with Gasteiger partial charge >= 0.3 is 0 Å². The number of likely N-dealkylation sites (tertiary alicyclic amines) is 1. The summed E-state index contributed by atoms with van der Waals surface area (Å²) in [5, 5.41) is 10.7. The van der Waals surface area contributed by atoms with Gasteiger partial charge in [0.05, 0.1) is 5.60 Å². The Morgan fingerprint density at radius 2 is 2.00 bits per heavy atom. The number of unbranched alkanes of at least 4 members (excludes halogenated alkanes) is 1. The predicted molar refractivity (Wildman–Crippen MR) is 89.6 cm³/mol. The molecule has 1 aromatic carbocycles. The molecule has 0 radical (unpaired) electrons. The highest BCUT2D eigenvalue weighted by molar-refractivity contribution is 5.78. The molecule has 0 saturated carbocycles. The fraction of sp³-hybridized carbons (Fsp3) is 0.632. The summed E-state index contributed by atoms with van der Waals surface area (Å²) in [6, 6.07) is 6.59. The molecule has 0 unspecified atom stereocenters. The lowest BCUT2D eigenvalue weighted by Gasteiger charge is -2.39. The van der Waals surface area contributed by atoms with E-state index in [9.17, 15) is 14.3 Å². The molecule has 1 fully saturated rings. The Balaban J connectivity index is 1.89. The largest absolute Gasteiger partial charge is 0.389 e. The molecule has 1 aromatic rings. The zero-order valence-corrected chi connectivity index (χ0v) is 14.2. The summed E-state index contributed by atoms with van der Waals surface area (Å²) in [5.74, 6) is -0.0354. The van der Waals surface area contributed by atoms with Gasteiger partial charge in [-0.25, -0.2) is 4.39 Å². The quantitative estimate of drug-likeness (QED) is 0.870. The van der Waals surface area contributed by atoms with Crippen LogP contribution in [0.3, 0.4) is 0 Å². The first-order valence-corrected chi connectivity index (χ1v) is 8.70. The molecule has 3 nitrogen and oxygen atoms in total. The Labute approximate surface area is 138 Å². The van der Waals surface area contributed by atoms with E-state index < -0.39 is 5.60 Å². The summed E-state index contributed by atoms with van der Waals surface area (Å²) in [6.07, 6.45) is 4.41. The standard InChI is InChI=1S/C19H28FNO2/c1-3-4-7-15(2)18(22)21-12-10-19(23,11-13-21)14-16-8-5-6-9-17(16)20/h5-6,8-9,15,23H,3-4,7,10-14H2,1-2H3/t15-/m0/s1. The molecule has 0 bridgehead atoms. The number of carbonyl (C=O) groups excluding carboxylic acids is 1. The summed E-state index contributed by atoms with van der Waals surface area (Å²) in [7, 11) is 0. The van der Waals surface area contributed by atoms with Crippen molar-refractivity contribution in [2.45, 2.75) is 58.0 Å². The van der Waals surface area contributed by atoms with Crippen LogP contribution in [0.2, 0.25) is 0 Å². The molecule has 23 heavy (non-hydrogen) atoms. The van der Waals surface area contributed by atoms with Gasteiger partial charge in [-0.3, -0.25) is 4.79 Å². The summed E-state index contributed by atoms with van der Waals surface area (Å²) in [6.45, 7) is 5.22. The highest BCUT2D eigenvalue weighted by Gasteiger charge is 2.35. The summed E-state index contributed by atoms with van der Waals surface area (Å²) < 4.78 is 13.8. The first-order valence-electron chi connectivity index (χ1n) is 8.70. The van der Waals surface area contributed by atoms with E-state index in [1.165, 1.54) is 6.07 Å². The van der Waals surface area contributed by atoms with Gasteiger partial charge in [0.25, 0.3) is 0 Å². The van der Waals surface area contributed by atoms with Crippen molar-refractivity contribution in [1.82, 2.24) is 4.90 Å². The van der Waals surface area contributed by atoms with Gasteiger partial charge in [-0.05, 0) is 30.9 Å². The van der Waals surface area contributed by atoms with Crippen LogP contribution in [0, 0.1) is 11.7 Å². The van der Waals surface area contributed by atoms with E-state index in [1.54, 1.807) is 18.2 Å². The molecule has 1 aliphatic heterocycles. The number of hydrogen-bond acceptors (Lipinski definition) is 2. The van der Waals surface area contributed by atoms with E-state index in [0.29, 0.717) is 37.9 Å². The molecule has 1 N–H and O–H groups in total. The minimum absolute atomic E-state index is 0.0488. The molecule has 1 atom stereocenters. The van der Waals surface area contributed by atoms with Crippen molar-refractivity contribution in [3.63, 3.8) is 0 Å². The molecule has 1 aliphatic rings. The van der Waals surface area contributed by atoms with Crippen LogP contribution in [0.1, 0.15) is 51.5 Å². The summed E-state index contributed by atoms with van der Waals surface area (Å²) in [4.78, 5) is 14.3. The lowest BCUT2D eigenvalue weighted by molar-refractivity contribution is -0.139. The van der Waals surface area contributed by atoms with E-state index in [4.69, 9.17) is 0 Å². The number of carbonyl (C=O) groups is 1. The second kappa shape index (κ2) is 7.91. The van der Waals surface area contributed by atoms with E-state index in [-0.39, 0.29) is 17.6 Å². The Morgan fingerprint density at radius 1 is 1.35 bits per heavy atom. The van der Waals surface area contributed by atoms with Crippen LogP contribution in [0.5, 0.6) is 0 Å². The van der Waals surface area contributed by atoms with Gasteiger partial charge in [-0.1, -0.05) is 44.9 Å². The van der Waals surface area contributed by atoms with Crippen LogP contribution in [0.25, 0.3) is 0 Å². The Bertz CT molecular complexity index is 524. The lowest BCUT2D eigenvalue weighted by atomic mass is 9.84. The lowest BCUT2D eigenvalue weighted by Crippen LogP contribution is -2.49. The molecule has 4 heteroatoms. The maximum atomic E-state index is 13.8. The maximum Gasteiger partial charge on any atom is 0.225 e. The van der Waals surface area contributed by atoms with Crippen LogP contribution in [-0.4, -0.2) is 34.6 Å². The van der Waals surface area contributed by atoms with Crippen LogP contribution in [-0.2, 0) is 11.2 Å². The number of benzene rings is 1. The molecule has 1 heterocycles. The molecule has 1 saturated heterocycles. The van der Waals surface area contributed by atoms with E-state index in [2.05, 4.69) is 6.92 Å². The van der Waals surface area contributed by atoms with Gasteiger partial charge < -0.3 is 10.0 Å². The molecule has 1 amide bonds. The van der Waals surface area contributed by atoms with Crippen LogP contribution in [0.4, 0.5) is 4.39 Å². The average Bonchev–Trinajstić information content (AvgIpc) is 2.55. The molecule has 128 valence electrons. The fourth-order valence-corrected chi connectivity index (χ4v) is 3.26. The van der Waals surface area contributed by atoms with Crippen molar-refractivity contribution in [2.75, 3.05) is 13.1 Å². The monoisotopic (exact) mass is 321 g/mol. The number of rotatable bonds is 6. The normalized spacial score (nSPS) is 18.7. The summed E-state index contributed by atoms with van der Waals surface area (Å²) in [5.41, 5.74) is -0.364. The van der Waals surface area contributed by atoms with Gasteiger partial charge in [0.2, 0.25) is 5.91 Å². The van der Waals surface area contributed by atoms with Gasteiger partial charge in [-0.15, -0.1) is 0 Å². The van der Waals surface area contributed by atoms with Crippen molar-refractivity contribution in [3.8, 4) is 0 Å². The maximum absolute atomic E-state index is 13.8. The second-order valence-corrected chi connectivity index (χ2v) is 6.86. The molecule has 2 rings (SSSR count). The SMILES string of the molecule is CCCC[C@H](C)C(=O)N1CCC(O)(Cc2ccccc2F)CC1. The van der Waals surface area contributed by atoms with Crippen LogP contribution < -0.4 is 0 Å². The van der Waals surface area contributed by atoms with Crippen molar-refractivity contribution >= 4 is 5.91 Å². The van der Waals surface area contributed by atoms with Gasteiger partial charge in [0.15, 0.2) is 0 Å². The number of nitrogens with zero attached hydrogens (tertiary/aromatic N) is 1. The van der Waals surface area contributed by atoms with Gasteiger partial charge in [-0.2, -0.15) is 0 Å².